The molecule has 0 unspecified atom stereocenters. The van der Waals surface area contributed by atoms with E-state index in [9.17, 15) is 26.0 Å². The summed E-state index contributed by atoms with van der Waals surface area (Å²) in [5, 5.41) is 2.64. The molecular weight excluding hydrogens is 545 g/mol. The van der Waals surface area contributed by atoms with Crippen molar-refractivity contribution in [2.75, 3.05) is 37.1 Å². The number of ether oxygens (including phenoxy) is 1. The number of sulfonamides is 2. The van der Waals surface area contributed by atoms with Gasteiger partial charge in [-0.1, -0.05) is 17.7 Å². The predicted octanol–water partition coefficient (Wildman–Crippen LogP) is 3.31. The lowest BCUT2D eigenvalue weighted by Gasteiger charge is -2.24. The van der Waals surface area contributed by atoms with Crippen molar-refractivity contribution in [1.29, 1.82) is 0 Å². The topological polar surface area (TPSA) is 113 Å². The Morgan fingerprint density at radius 1 is 0.897 bits per heavy atom. The summed E-state index contributed by atoms with van der Waals surface area (Å²) >= 11 is 0. The van der Waals surface area contributed by atoms with Crippen molar-refractivity contribution in [2.45, 2.75) is 29.6 Å². The largest absolute Gasteiger partial charge is 0.492 e. The average Bonchev–Trinajstić information content (AvgIpc) is 3.47. The number of nitrogens with zero attached hydrogens (tertiary/aromatic N) is 2. The van der Waals surface area contributed by atoms with E-state index in [0.29, 0.717) is 24.5 Å². The monoisotopic (exact) mass is 575 g/mol. The molecule has 4 rings (SSSR count). The predicted molar refractivity (Wildman–Crippen MR) is 145 cm³/mol. The fraction of sp³-hybridized carbons (Fsp3) is 0.296. The minimum Gasteiger partial charge on any atom is -0.492 e. The first kappa shape index (κ1) is 28.5. The Morgan fingerprint density at radius 2 is 1.49 bits per heavy atom. The molecule has 208 valence electrons. The van der Waals surface area contributed by atoms with Crippen molar-refractivity contribution in [2.24, 2.45) is 0 Å². The number of amides is 1. The fourth-order valence-electron chi connectivity index (χ4n) is 4.09. The van der Waals surface area contributed by atoms with Crippen LogP contribution in [0.2, 0.25) is 0 Å². The minimum absolute atomic E-state index is 0.0825. The zero-order valence-corrected chi connectivity index (χ0v) is 23.0. The highest BCUT2D eigenvalue weighted by molar-refractivity contribution is 7.92. The van der Waals surface area contributed by atoms with Gasteiger partial charge in [0.05, 0.1) is 22.0 Å². The second-order valence-corrected chi connectivity index (χ2v) is 12.9. The van der Waals surface area contributed by atoms with E-state index in [1.807, 2.05) is 6.92 Å². The Kier molecular flexibility index (Phi) is 8.88. The van der Waals surface area contributed by atoms with Crippen molar-refractivity contribution < 1.29 is 30.8 Å². The van der Waals surface area contributed by atoms with E-state index >= 15 is 0 Å². The van der Waals surface area contributed by atoms with Gasteiger partial charge in [0.2, 0.25) is 15.9 Å². The smallest absolute Gasteiger partial charge is 0.264 e. The van der Waals surface area contributed by atoms with Gasteiger partial charge in [-0.05, 0) is 80.4 Å². The van der Waals surface area contributed by atoms with Crippen LogP contribution in [0.5, 0.6) is 5.75 Å². The lowest BCUT2D eigenvalue weighted by atomic mass is 10.2. The summed E-state index contributed by atoms with van der Waals surface area (Å²) < 4.78 is 73.3. The van der Waals surface area contributed by atoms with Gasteiger partial charge in [-0.2, -0.15) is 4.31 Å². The molecule has 9 nitrogen and oxygen atoms in total. The molecular formula is C27H30FN3O6S2. The molecule has 0 bridgehead atoms. The molecule has 1 aliphatic rings. The lowest BCUT2D eigenvalue weighted by Crippen LogP contribution is -2.41. The molecule has 12 heteroatoms. The third-order valence-electron chi connectivity index (χ3n) is 6.23. The molecule has 1 fully saturated rings. The Morgan fingerprint density at radius 3 is 2.10 bits per heavy atom. The lowest BCUT2D eigenvalue weighted by molar-refractivity contribution is -0.119. The van der Waals surface area contributed by atoms with Crippen molar-refractivity contribution in [3.8, 4) is 5.75 Å². The van der Waals surface area contributed by atoms with E-state index in [1.165, 1.54) is 16.4 Å². The summed E-state index contributed by atoms with van der Waals surface area (Å²) in [7, 11) is -7.67. The number of nitrogens with one attached hydrogen (secondary N) is 1. The maximum absolute atomic E-state index is 13.4. The number of benzene rings is 3. The van der Waals surface area contributed by atoms with Gasteiger partial charge >= 0.3 is 0 Å². The summed E-state index contributed by atoms with van der Waals surface area (Å²) in [5.74, 6) is -0.696. The second kappa shape index (κ2) is 12.1. The molecule has 1 N–H and O–H groups in total. The van der Waals surface area contributed by atoms with Gasteiger partial charge in [0.1, 0.15) is 24.7 Å². The van der Waals surface area contributed by atoms with Gasteiger partial charge in [-0.15, -0.1) is 0 Å². The highest BCUT2D eigenvalue weighted by Crippen LogP contribution is 2.25. The number of rotatable bonds is 11. The molecule has 0 aromatic heterocycles. The van der Waals surface area contributed by atoms with E-state index in [4.69, 9.17) is 4.74 Å². The van der Waals surface area contributed by atoms with Crippen LogP contribution in [0.1, 0.15) is 18.4 Å². The number of hydrogen-bond donors (Lipinski definition) is 1. The number of carbonyl (C=O) groups is 1. The molecule has 0 spiro atoms. The van der Waals surface area contributed by atoms with Gasteiger partial charge in [0.15, 0.2) is 0 Å². The van der Waals surface area contributed by atoms with Gasteiger partial charge in [-0.3, -0.25) is 9.10 Å². The number of carbonyl (C=O) groups excluding carboxylic acids is 1. The number of hydrogen-bond acceptors (Lipinski definition) is 6. The van der Waals surface area contributed by atoms with Crippen LogP contribution in [-0.2, 0) is 24.8 Å². The molecule has 0 aliphatic carbocycles. The van der Waals surface area contributed by atoms with Gasteiger partial charge in [-0.25, -0.2) is 21.2 Å². The number of halogens is 1. The zero-order chi connectivity index (χ0) is 28.0. The number of aryl methyl sites for hydroxylation is 1. The van der Waals surface area contributed by atoms with E-state index in [0.717, 1.165) is 47.0 Å². The molecule has 1 aliphatic heterocycles. The molecule has 1 amide bonds. The molecule has 3 aromatic carbocycles. The van der Waals surface area contributed by atoms with E-state index < -0.39 is 38.3 Å². The summed E-state index contributed by atoms with van der Waals surface area (Å²) in [6, 6.07) is 17.1. The molecule has 1 saturated heterocycles. The highest BCUT2D eigenvalue weighted by Gasteiger charge is 2.28. The number of anilines is 1. The first-order valence-corrected chi connectivity index (χ1v) is 15.3. The summed E-state index contributed by atoms with van der Waals surface area (Å²) in [5.41, 5.74) is 1.21. The maximum atomic E-state index is 13.4. The molecule has 0 atom stereocenters. The third kappa shape index (κ3) is 6.94. The Labute approximate surface area is 228 Å². The van der Waals surface area contributed by atoms with Crippen molar-refractivity contribution in [3.63, 3.8) is 0 Å². The quantitative estimate of drug-likeness (QED) is 0.351. The normalized spacial score (nSPS) is 14.2. The van der Waals surface area contributed by atoms with Gasteiger partial charge < -0.3 is 10.1 Å². The van der Waals surface area contributed by atoms with E-state index in [1.54, 1.807) is 36.4 Å². The van der Waals surface area contributed by atoms with E-state index in [-0.39, 0.29) is 22.9 Å². The summed E-state index contributed by atoms with van der Waals surface area (Å²) in [6.45, 7) is 2.57. The summed E-state index contributed by atoms with van der Waals surface area (Å²) in [4.78, 5) is 12.8. The minimum atomic E-state index is -4.15. The van der Waals surface area contributed by atoms with Crippen LogP contribution in [0.25, 0.3) is 0 Å². The molecule has 3 aromatic rings. The van der Waals surface area contributed by atoms with Crippen LogP contribution in [0.3, 0.4) is 0 Å². The fourth-order valence-corrected chi connectivity index (χ4v) is 7.03. The molecule has 0 radical (unpaired) electrons. The first-order chi connectivity index (χ1) is 18.6. The summed E-state index contributed by atoms with van der Waals surface area (Å²) in [6.07, 6.45) is 1.71. The van der Waals surface area contributed by atoms with Crippen LogP contribution in [0.4, 0.5) is 10.1 Å². The van der Waals surface area contributed by atoms with Crippen molar-refractivity contribution >= 4 is 31.6 Å². The SMILES string of the molecule is Cc1ccc(N(CC(=O)NCCOc2ccc(S(=O)(=O)N3CCCC3)cc2)S(=O)(=O)c2ccc(F)cc2)cc1. The Bertz CT molecular complexity index is 1490. The molecule has 0 saturated carbocycles. The van der Waals surface area contributed by atoms with Crippen LogP contribution in [-0.4, -0.2) is 59.8 Å². The van der Waals surface area contributed by atoms with Crippen LogP contribution >= 0.6 is 0 Å². The van der Waals surface area contributed by atoms with Crippen molar-refractivity contribution in [3.05, 3.63) is 84.2 Å². The molecule has 39 heavy (non-hydrogen) atoms. The first-order valence-electron chi connectivity index (χ1n) is 12.4. The average molecular weight is 576 g/mol. The molecule has 1 heterocycles. The zero-order valence-electron chi connectivity index (χ0n) is 21.4. The third-order valence-corrected chi connectivity index (χ3v) is 9.93. The van der Waals surface area contributed by atoms with Gasteiger partial charge in [0, 0.05) is 13.1 Å². The van der Waals surface area contributed by atoms with E-state index in [2.05, 4.69) is 5.32 Å². The highest BCUT2D eigenvalue weighted by atomic mass is 32.2. The Balaban J connectivity index is 1.35. The van der Waals surface area contributed by atoms with Gasteiger partial charge in [0.25, 0.3) is 10.0 Å². The second-order valence-electron chi connectivity index (χ2n) is 9.08. The van der Waals surface area contributed by atoms with Crippen LogP contribution in [0, 0.1) is 12.7 Å². The maximum Gasteiger partial charge on any atom is 0.264 e. The van der Waals surface area contributed by atoms with Crippen molar-refractivity contribution in [1.82, 2.24) is 9.62 Å². The Hall–Kier alpha value is -3.48. The van der Waals surface area contributed by atoms with Crippen LogP contribution < -0.4 is 14.4 Å². The standard InChI is InChI=1S/C27H30FN3O6S2/c1-21-4-8-23(9-5-21)31(39(35,36)26-12-6-22(28)7-13-26)20-27(32)29-16-19-37-24-10-14-25(15-11-24)38(33,34)30-17-2-3-18-30/h4-15H,2-3,16-20H2,1H3,(H,29,32). The van der Waals surface area contributed by atoms with Crippen LogP contribution in [0.15, 0.2) is 82.6 Å².